The lowest BCUT2D eigenvalue weighted by Crippen LogP contribution is -2.45. The lowest BCUT2D eigenvalue weighted by atomic mass is 9.96. The maximum Gasteiger partial charge on any atom is 0.255 e. The summed E-state index contributed by atoms with van der Waals surface area (Å²) in [6.45, 7) is 1.72. The van der Waals surface area contributed by atoms with E-state index in [1.165, 1.54) is 5.56 Å². The van der Waals surface area contributed by atoms with Crippen LogP contribution in [0.2, 0.25) is 5.02 Å². The summed E-state index contributed by atoms with van der Waals surface area (Å²) < 4.78 is 0. The van der Waals surface area contributed by atoms with Gasteiger partial charge in [-0.15, -0.1) is 0 Å². The van der Waals surface area contributed by atoms with E-state index in [9.17, 15) is 9.59 Å². The van der Waals surface area contributed by atoms with Gasteiger partial charge in [-0.05, 0) is 37.0 Å². The largest absolute Gasteiger partial charge is 0.355 e. The van der Waals surface area contributed by atoms with E-state index in [1.807, 2.05) is 18.2 Å². The Labute approximate surface area is 159 Å². The summed E-state index contributed by atoms with van der Waals surface area (Å²) in [5, 5.41) is 3.46. The summed E-state index contributed by atoms with van der Waals surface area (Å²) in [5.74, 6) is -0.235. The number of benzene rings is 2. The van der Waals surface area contributed by atoms with Crippen LogP contribution in [0.5, 0.6) is 0 Å². The van der Waals surface area contributed by atoms with E-state index in [0.29, 0.717) is 30.2 Å². The van der Waals surface area contributed by atoms with Crippen molar-refractivity contribution in [1.29, 1.82) is 0 Å². The summed E-state index contributed by atoms with van der Waals surface area (Å²) in [6, 6.07) is 17.1. The molecule has 3 rings (SSSR count). The van der Waals surface area contributed by atoms with Gasteiger partial charge in [0.2, 0.25) is 5.91 Å². The minimum Gasteiger partial charge on any atom is -0.355 e. The van der Waals surface area contributed by atoms with E-state index in [4.69, 9.17) is 11.6 Å². The van der Waals surface area contributed by atoms with E-state index < -0.39 is 0 Å². The van der Waals surface area contributed by atoms with Gasteiger partial charge in [-0.1, -0.05) is 54.1 Å². The van der Waals surface area contributed by atoms with Crippen LogP contribution < -0.4 is 5.32 Å². The van der Waals surface area contributed by atoms with Crippen molar-refractivity contribution in [3.8, 4) is 0 Å². The Kier molecular flexibility index (Phi) is 6.29. The Hall–Kier alpha value is -2.33. The Morgan fingerprint density at radius 3 is 2.58 bits per heavy atom. The highest BCUT2D eigenvalue weighted by atomic mass is 35.5. The number of rotatable bonds is 5. The molecule has 136 valence electrons. The molecule has 1 N–H and O–H groups in total. The second kappa shape index (κ2) is 8.86. The summed E-state index contributed by atoms with van der Waals surface area (Å²) in [7, 11) is 0. The second-order valence-electron chi connectivity index (χ2n) is 6.60. The van der Waals surface area contributed by atoms with Gasteiger partial charge in [0.25, 0.3) is 5.91 Å². The summed E-state index contributed by atoms with van der Waals surface area (Å²) >= 11 is 6.14. The van der Waals surface area contributed by atoms with Gasteiger partial charge in [0.05, 0.1) is 16.5 Å². The van der Waals surface area contributed by atoms with Crippen LogP contribution in [0, 0.1) is 5.92 Å². The van der Waals surface area contributed by atoms with Crippen LogP contribution in [0.15, 0.2) is 54.6 Å². The number of halogens is 1. The zero-order valence-electron chi connectivity index (χ0n) is 14.7. The van der Waals surface area contributed by atoms with E-state index in [1.54, 1.807) is 29.2 Å². The van der Waals surface area contributed by atoms with Gasteiger partial charge in [0.1, 0.15) is 0 Å². The topological polar surface area (TPSA) is 49.4 Å². The first-order valence-electron chi connectivity index (χ1n) is 9.00. The SMILES string of the molecule is O=C(NCCc1ccccc1)[C@@H]1CCCN(C(=O)c2ccccc2Cl)C1. The Bertz CT molecular complexity index is 764. The third-order valence-electron chi connectivity index (χ3n) is 4.74. The molecule has 2 aromatic rings. The van der Waals surface area contributed by atoms with Crippen molar-refractivity contribution in [3.05, 3.63) is 70.7 Å². The minimum absolute atomic E-state index is 0.0255. The molecule has 1 fully saturated rings. The normalized spacial score (nSPS) is 17.0. The molecule has 2 amide bonds. The predicted molar refractivity (Wildman–Crippen MR) is 103 cm³/mol. The molecule has 0 unspecified atom stereocenters. The third-order valence-corrected chi connectivity index (χ3v) is 5.07. The van der Waals surface area contributed by atoms with Gasteiger partial charge in [0, 0.05) is 19.6 Å². The van der Waals surface area contributed by atoms with Gasteiger partial charge in [-0.25, -0.2) is 0 Å². The summed E-state index contributed by atoms with van der Waals surface area (Å²) in [4.78, 5) is 26.9. The molecule has 0 radical (unpaired) electrons. The van der Waals surface area contributed by atoms with E-state index in [0.717, 1.165) is 19.3 Å². The molecule has 0 saturated carbocycles. The predicted octanol–water partition coefficient (Wildman–Crippen LogP) is 3.55. The fourth-order valence-electron chi connectivity index (χ4n) is 3.30. The third kappa shape index (κ3) is 4.64. The lowest BCUT2D eigenvalue weighted by Gasteiger charge is -2.32. The van der Waals surface area contributed by atoms with Crippen LogP contribution in [-0.4, -0.2) is 36.3 Å². The zero-order valence-corrected chi connectivity index (χ0v) is 15.4. The Morgan fingerprint density at radius 2 is 1.81 bits per heavy atom. The molecule has 0 spiro atoms. The van der Waals surface area contributed by atoms with Gasteiger partial charge < -0.3 is 10.2 Å². The van der Waals surface area contributed by atoms with Crippen molar-refractivity contribution < 1.29 is 9.59 Å². The molecule has 1 aliphatic rings. The van der Waals surface area contributed by atoms with Crippen LogP contribution >= 0.6 is 11.6 Å². The summed E-state index contributed by atoms with van der Waals surface area (Å²) in [5.41, 5.74) is 1.70. The lowest BCUT2D eigenvalue weighted by molar-refractivity contribution is -0.126. The monoisotopic (exact) mass is 370 g/mol. The molecular weight excluding hydrogens is 348 g/mol. The highest BCUT2D eigenvalue weighted by Gasteiger charge is 2.29. The first-order valence-corrected chi connectivity index (χ1v) is 9.38. The molecule has 1 aliphatic heterocycles. The number of nitrogens with zero attached hydrogens (tertiary/aromatic N) is 1. The van der Waals surface area contributed by atoms with Crippen molar-refractivity contribution in [3.63, 3.8) is 0 Å². The second-order valence-corrected chi connectivity index (χ2v) is 7.00. The number of likely N-dealkylation sites (tertiary alicyclic amines) is 1. The molecule has 0 aromatic heterocycles. The first-order chi connectivity index (χ1) is 12.6. The molecule has 5 heteroatoms. The smallest absolute Gasteiger partial charge is 0.255 e. The quantitative estimate of drug-likeness (QED) is 0.875. The minimum atomic E-state index is -0.161. The molecule has 2 aromatic carbocycles. The van der Waals surface area contributed by atoms with E-state index >= 15 is 0 Å². The van der Waals surface area contributed by atoms with Crippen LogP contribution in [0.4, 0.5) is 0 Å². The fourth-order valence-corrected chi connectivity index (χ4v) is 3.52. The van der Waals surface area contributed by atoms with E-state index in [-0.39, 0.29) is 17.7 Å². The Balaban J connectivity index is 1.53. The molecule has 1 heterocycles. The molecule has 4 nitrogen and oxygen atoms in total. The molecule has 1 atom stereocenters. The summed E-state index contributed by atoms with van der Waals surface area (Å²) in [6.07, 6.45) is 2.44. The fraction of sp³-hybridized carbons (Fsp3) is 0.333. The molecule has 1 saturated heterocycles. The van der Waals surface area contributed by atoms with Crippen LogP contribution in [0.25, 0.3) is 0 Å². The average Bonchev–Trinajstić information content (AvgIpc) is 2.69. The molecule has 26 heavy (non-hydrogen) atoms. The number of amides is 2. The van der Waals surface area contributed by atoms with Crippen molar-refractivity contribution in [2.75, 3.05) is 19.6 Å². The number of piperidine rings is 1. The highest BCUT2D eigenvalue weighted by Crippen LogP contribution is 2.22. The molecule has 0 aliphatic carbocycles. The maximum absolute atomic E-state index is 12.7. The van der Waals surface area contributed by atoms with Crippen LogP contribution in [0.1, 0.15) is 28.8 Å². The van der Waals surface area contributed by atoms with Gasteiger partial charge in [0.15, 0.2) is 0 Å². The average molecular weight is 371 g/mol. The van der Waals surface area contributed by atoms with Crippen LogP contribution in [-0.2, 0) is 11.2 Å². The number of hydrogen-bond acceptors (Lipinski definition) is 2. The number of carbonyl (C=O) groups excluding carboxylic acids is 2. The standard InChI is InChI=1S/C21H23ClN2O2/c22-19-11-5-4-10-18(19)21(26)24-14-6-9-17(15-24)20(25)23-13-12-16-7-2-1-3-8-16/h1-5,7-8,10-11,17H,6,9,12-15H2,(H,23,25)/t17-/m1/s1. The number of nitrogens with one attached hydrogen (secondary N) is 1. The number of carbonyl (C=O) groups is 2. The van der Waals surface area contributed by atoms with Gasteiger partial charge in [-0.3, -0.25) is 9.59 Å². The van der Waals surface area contributed by atoms with Crippen molar-refractivity contribution in [2.24, 2.45) is 5.92 Å². The van der Waals surface area contributed by atoms with E-state index in [2.05, 4.69) is 17.4 Å². The zero-order chi connectivity index (χ0) is 18.4. The maximum atomic E-state index is 12.7. The van der Waals surface area contributed by atoms with Gasteiger partial charge >= 0.3 is 0 Å². The molecule has 0 bridgehead atoms. The number of hydrogen-bond donors (Lipinski definition) is 1. The Morgan fingerprint density at radius 1 is 1.08 bits per heavy atom. The first kappa shape index (κ1) is 18.5. The van der Waals surface area contributed by atoms with Crippen LogP contribution in [0.3, 0.4) is 0 Å². The van der Waals surface area contributed by atoms with Gasteiger partial charge in [-0.2, -0.15) is 0 Å². The van der Waals surface area contributed by atoms with Crippen molar-refractivity contribution >= 4 is 23.4 Å². The van der Waals surface area contributed by atoms with Crippen molar-refractivity contribution in [1.82, 2.24) is 10.2 Å². The molecular formula is C21H23ClN2O2. The van der Waals surface area contributed by atoms with Crippen molar-refractivity contribution in [2.45, 2.75) is 19.3 Å². The highest BCUT2D eigenvalue weighted by molar-refractivity contribution is 6.33.